The molecule has 0 saturated heterocycles. The molecule has 0 aliphatic heterocycles. The molecule has 0 bridgehead atoms. The van der Waals surface area contributed by atoms with Crippen molar-refractivity contribution in [3.05, 3.63) is 18.2 Å². The second-order valence-corrected chi connectivity index (χ2v) is 3.45. The number of nitrogens with two attached hydrogens (primary N) is 1. The molecule has 0 aromatic carbocycles. The van der Waals surface area contributed by atoms with Crippen LogP contribution in [0.15, 0.2) is 18.2 Å². The van der Waals surface area contributed by atoms with Crippen molar-refractivity contribution in [2.75, 3.05) is 12.3 Å². The van der Waals surface area contributed by atoms with E-state index in [-0.39, 0.29) is 23.6 Å². The first-order valence-corrected chi connectivity index (χ1v) is 5.11. The first-order chi connectivity index (χ1) is 8.19. The van der Waals surface area contributed by atoms with Gasteiger partial charge < -0.3 is 10.8 Å². The molecular weight excluding hydrogens is 225 g/mol. The van der Waals surface area contributed by atoms with E-state index in [0.29, 0.717) is 11.9 Å². The summed E-state index contributed by atoms with van der Waals surface area (Å²) in [5.41, 5.74) is 6.51. The van der Waals surface area contributed by atoms with E-state index in [1.165, 1.54) is 12.7 Å². The molecule has 0 saturated carbocycles. The number of aliphatic hydroxyl groups excluding tert-OH is 1. The van der Waals surface area contributed by atoms with Crippen LogP contribution in [-0.2, 0) is 0 Å². The van der Waals surface area contributed by atoms with Crippen molar-refractivity contribution in [3.8, 4) is 0 Å². The fourth-order valence-corrected chi connectivity index (χ4v) is 1.49. The monoisotopic (exact) mass is 237 g/mol. The average Bonchev–Trinajstić information content (AvgIpc) is 2.75. The van der Waals surface area contributed by atoms with Gasteiger partial charge >= 0.3 is 0 Å². The maximum atomic E-state index is 14.0. The second kappa shape index (κ2) is 4.46. The number of anilines is 1. The van der Waals surface area contributed by atoms with Crippen LogP contribution in [0.3, 0.4) is 0 Å². The predicted molar refractivity (Wildman–Crippen MR) is 61.4 cm³/mol. The zero-order valence-corrected chi connectivity index (χ0v) is 9.26. The summed E-state index contributed by atoms with van der Waals surface area (Å²) in [6.07, 6.45) is 2.92. The van der Waals surface area contributed by atoms with Crippen molar-refractivity contribution in [2.24, 2.45) is 0 Å². The van der Waals surface area contributed by atoms with Crippen LogP contribution in [0.25, 0.3) is 17.1 Å². The maximum Gasteiger partial charge on any atom is 0.202 e. The van der Waals surface area contributed by atoms with Crippen LogP contribution < -0.4 is 5.73 Å². The number of hydrogen-bond acceptors (Lipinski definition) is 5. The predicted octanol–water partition coefficient (Wildman–Crippen LogP) is 0.949. The van der Waals surface area contributed by atoms with Crippen LogP contribution in [0.5, 0.6) is 0 Å². The molecule has 3 N–H and O–H groups in total. The van der Waals surface area contributed by atoms with Gasteiger partial charge in [-0.2, -0.15) is 4.39 Å². The number of nitrogens with zero attached hydrogens (tertiary/aromatic N) is 4. The van der Waals surface area contributed by atoms with E-state index in [2.05, 4.69) is 15.0 Å². The molecule has 0 spiro atoms. The van der Waals surface area contributed by atoms with Crippen molar-refractivity contribution in [1.82, 2.24) is 19.5 Å². The minimum Gasteiger partial charge on any atom is -0.392 e. The van der Waals surface area contributed by atoms with E-state index in [1.807, 2.05) is 0 Å². The fraction of sp³-hybridized carbons (Fsp3) is 0.300. The van der Waals surface area contributed by atoms with Gasteiger partial charge in [0.1, 0.15) is 12.7 Å². The van der Waals surface area contributed by atoms with E-state index < -0.39 is 5.95 Å². The summed E-state index contributed by atoms with van der Waals surface area (Å²) in [7, 11) is 0. The first kappa shape index (κ1) is 11.5. The van der Waals surface area contributed by atoms with Crippen molar-refractivity contribution in [2.45, 2.75) is 13.3 Å². The molecule has 0 atom stereocenters. The van der Waals surface area contributed by atoms with Gasteiger partial charge in [0, 0.05) is 5.57 Å². The minimum absolute atomic E-state index is 0.198. The lowest BCUT2D eigenvalue weighted by atomic mass is 10.2. The standard InChI is InChI=1S/C10H12FN5O/c1-2-6(3-17)8(11)16-5-15-7-9(12)13-4-14-10(7)16/h4-5,17H,2-3H2,1H3,(H2,12,13,14)/b8-6+. The molecule has 0 amide bonds. The summed E-state index contributed by atoms with van der Waals surface area (Å²) in [6, 6.07) is 0. The molecule has 2 aromatic heterocycles. The Balaban J connectivity index is 2.65. The van der Waals surface area contributed by atoms with Crippen molar-refractivity contribution in [3.63, 3.8) is 0 Å². The Morgan fingerprint density at radius 1 is 1.47 bits per heavy atom. The molecule has 90 valence electrons. The van der Waals surface area contributed by atoms with E-state index in [4.69, 9.17) is 10.8 Å². The summed E-state index contributed by atoms with van der Waals surface area (Å²) >= 11 is 0. The van der Waals surface area contributed by atoms with Crippen molar-refractivity contribution < 1.29 is 9.50 Å². The van der Waals surface area contributed by atoms with Crippen LogP contribution in [-0.4, -0.2) is 31.2 Å². The van der Waals surface area contributed by atoms with Crippen LogP contribution in [0, 0.1) is 0 Å². The van der Waals surface area contributed by atoms with Crippen LogP contribution in [0.4, 0.5) is 10.2 Å². The molecule has 0 aliphatic rings. The Hall–Kier alpha value is -2.02. The average molecular weight is 237 g/mol. The lowest BCUT2D eigenvalue weighted by molar-refractivity contribution is 0.325. The Labute approximate surface area is 96.6 Å². The van der Waals surface area contributed by atoms with Gasteiger partial charge in [0.25, 0.3) is 0 Å². The van der Waals surface area contributed by atoms with E-state index in [0.717, 1.165) is 4.57 Å². The van der Waals surface area contributed by atoms with Crippen LogP contribution in [0.1, 0.15) is 13.3 Å². The first-order valence-electron chi connectivity index (χ1n) is 5.11. The molecule has 2 aromatic rings. The highest BCUT2D eigenvalue weighted by atomic mass is 19.1. The third kappa shape index (κ3) is 1.84. The number of rotatable bonds is 3. The largest absolute Gasteiger partial charge is 0.392 e. The number of nitrogen functional groups attached to an aromatic ring is 1. The molecular formula is C10H12FN5O. The summed E-state index contributed by atoms with van der Waals surface area (Å²) < 4.78 is 15.2. The van der Waals surface area contributed by atoms with Crippen molar-refractivity contribution >= 4 is 22.9 Å². The smallest absolute Gasteiger partial charge is 0.202 e. The highest BCUT2D eigenvalue weighted by Crippen LogP contribution is 2.22. The molecule has 2 heterocycles. The molecule has 7 heteroatoms. The van der Waals surface area contributed by atoms with E-state index in [1.54, 1.807) is 6.92 Å². The Bertz CT molecular complexity index is 571. The van der Waals surface area contributed by atoms with Gasteiger partial charge in [0.15, 0.2) is 17.0 Å². The highest BCUT2D eigenvalue weighted by molar-refractivity contribution is 5.83. The van der Waals surface area contributed by atoms with Gasteiger partial charge in [0.05, 0.1) is 6.61 Å². The zero-order valence-electron chi connectivity index (χ0n) is 9.26. The summed E-state index contributed by atoms with van der Waals surface area (Å²) in [5.74, 6) is -0.376. The second-order valence-electron chi connectivity index (χ2n) is 3.45. The molecule has 2 rings (SSSR count). The number of aliphatic hydroxyl groups is 1. The SMILES string of the molecule is CC/C(CO)=C(/F)n1cnc2c(N)ncnc21. The third-order valence-electron chi connectivity index (χ3n) is 2.48. The molecule has 0 fully saturated rings. The number of aromatic nitrogens is 4. The van der Waals surface area contributed by atoms with Crippen LogP contribution >= 0.6 is 0 Å². The van der Waals surface area contributed by atoms with Gasteiger partial charge in [-0.15, -0.1) is 0 Å². The normalized spacial score (nSPS) is 12.9. The van der Waals surface area contributed by atoms with Crippen LogP contribution in [0.2, 0.25) is 0 Å². The summed E-state index contributed by atoms with van der Waals surface area (Å²) in [4.78, 5) is 11.6. The summed E-state index contributed by atoms with van der Waals surface area (Å²) in [6.45, 7) is 1.41. The number of halogens is 1. The molecule has 6 nitrogen and oxygen atoms in total. The molecule has 0 aliphatic carbocycles. The lowest BCUT2D eigenvalue weighted by Crippen LogP contribution is -2.00. The summed E-state index contributed by atoms with van der Waals surface area (Å²) in [5, 5.41) is 9.03. The Kier molecular flexibility index (Phi) is 3.01. The van der Waals surface area contributed by atoms with Gasteiger partial charge in [-0.25, -0.2) is 15.0 Å². The van der Waals surface area contributed by atoms with Gasteiger partial charge in [-0.05, 0) is 6.42 Å². The Morgan fingerprint density at radius 3 is 2.88 bits per heavy atom. The quantitative estimate of drug-likeness (QED) is 0.829. The minimum atomic E-state index is -0.574. The maximum absolute atomic E-state index is 14.0. The lowest BCUT2D eigenvalue weighted by Gasteiger charge is -2.05. The topological polar surface area (TPSA) is 89.8 Å². The van der Waals surface area contributed by atoms with Gasteiger partial charge in [-0.3, -0.25) is 4.57 Å². The molecule has 17 heavy (non-hydrogen) atoms. The molecule has 0 radical (unpaired) electrons. The fourth-order valence-electron chi connectivity index (χ4n) is 1.49. The van der Waals surface area contributed by atoms with Gasteiger partial charge in [0.2, 0.25) is 5.95 Å². The number of imidazole rings is 1. The molecule has 0 unspecified atom stereocenters. The Morgan fingerprint density at radius 2 is 2.24 bits per heavy atom. The van der Waals surface area contributed by atoms with Gasteiger partial charge in [-0.1, -0.05) is 6.92 Å². The number of fused-ring (bicyclic) bond motifs is 1. The third-order valence-corrected chi connectivity index (χ3v) is 2.48. The van der Waals surface area contributed by atoms with E-state index in [9.17, 15) is 4.39 Å². The van der Waals surface area contributed by atoms with Crippen molar-refractivity contribution in [1.29, 1.82) is 0 Å². The highest BCUT2D eigenvalue weighted by Gasteiger charge is 2.13. The zero-order chi connectivity index (χ0) is 12.4. The number of hydrogen-bond donors (Lipinski definition) is 2. The van der Waals surface area contributed by atoms with E-state index >= 15 is 0 Å².